The highest BCUT2D eigenvalue weighted by atomic mass is 32.2. The number of benzene rings is 2. The Labute approximate surface area is 164 Å². The quantitative estimate of drug-likeness (QED) is 0.675. The Morgan fingerprint density at radius 1 is 1.04 bits per heavy atom. The molecule has 0 saturated heterocycles. The van der Waals surface area contributed by atoms with Gasteiger partial charge in [-0.3, -0.25) is 9.78 Å². The number of hydrogen-bond acceptors (Lipinski definition) is 4. The summed E-state index contributed by atoms with van der Waals surface area (Å²) in [5.74, 6) is 5.31. The van der Waals surface area contributed by atoms with Crippen molar-refractivity contribution >= 4 is 15.6 Å². The lowest BCUT2D eigenvalue weighted by molar-refractivity contribution is 0.100. The van der Waals surface area contributed by atoms with Gasteiger partial charge in [-0.15, -0.1) is 0 Å². The first-order valence-electron chi connectivity index (χ1n) is 8.43. The Balaban J connectivity index is 1.88. The van der Waals surface area contributed by atoms with Crippen LogP contribution in [-0.2, 0) is 9.73 Å². The van der Waals surface area contributed by atoms with Crippen LogP contribution in [0.5, 0.6) is 5.75 Å². The van der Waals surface area contributed by atoms with Crippen LogP contribution < -0.4 is 0 Å². The van der Waals surface area contributed by atoms with Gasteiger partial charge in [0.25, 0.3) is 5.91 Å². The highest BCUT2D eigenvalue weighted by Gasteiger charge is 2.12. The molecule has 1 unspecified atom stereocenters. The second kappa shape index (κ2) is 8.07. The van der Waals surface area contributed by atoms with Gasteiger partial charge in [0.1, 0.15) is 5.75 Å². The van der Waals surface area contributed by atoms with E-state index in [1.165, 1.54) is 18.6 Å². The van der Waals surface area contributed by atoms with Crippen molar-refractivity contribution in [1.82, 2.24) is 4.98 Å². The molecule has 28 heavy (non-hydrogen) atoms. The van der Waals surface area contributed by atoms with Gasteiger partial charge in [0.15, 0.2) is 0 Å². The number of aromatic nitrogens is 1. The minimum absolute atomic E-state index is 0.126. The van der Waals surface area contributed by atoms with Crippen molar-refractivity contribution < 1.29 is 14.1 Å². The number of aromatic hydroxyl groups is 1. The highest BCUT2D eigenvalue weighted by molar-refractivity contribution is 7.93. The molecule has 1 heterocycles. The summed E-state index contributed by atoms with van der Waals surface area (Å²) in [6.45, 7) is 1.93. The number of hydrogen-bond donors (Lipinski definition) is 1. The largest absolute Gasteiger partial charge is 0.508 e. The van der Waals surface area contributed by atoms with Crippen molar-refractivity contribution in [2.45, 2.75) is 11.8 Å². The van der Waals surface area contributed by atoms with Crippen molar-refractivity contribution in [3.8, 4) is 17.6 Å². The Hall–Kier alpha value is -3.43. The summed E-state index contributed by atoms with van der Waals surface area (Å²) in [5, 5.41) is 9.48. The molecule has 1 aromatic heterocycles. The van der Waals surface area contributed by atoms with E-state index in [4.69, 9.17) is 0 Å². The average Bonchev–Trinajstić information content (AvgIpc) is 2.67. The molecule has 1 N–H and O–H groups in total. The lowest BCUT2D eigenvalue weighted by atomic mass is 10.1. The number of carbonyl (C=O) groups excluding carboxylic acids is 1. The van der Waals surface area contributed by atoms with Gasteiger partial charge in [-0.1, -0.05) is 35.6 Å². The third-order valence-corrected chi connectivity index (χ3v) is 5.56. The molecule has 5 nitrogen and oxygen atoms in total. The second-order valence-electron chi connectivity index (χ2n) is 6.27. The Morgan fingerprint density at radius 3 is 2.46 bits per heavy atom. The summed E-state index contributed by atoms with van der Waals surface area (Å²) in [6, 6.07) is 15.2. The maximum Gasteiger partial charge on any atom is 0.286 e. The van der Waals surface area contributed by atoms with Crippen molar-refractivity contribution in [2.75, 3.05) is 6.26 Å². The normalized spacial score (nSPS) is 12.4. The van der Waals surface area contributed by atoms with Crippen molar-refractivity contribution in [1.29, 1.82) is 0 Å². The van der Waals surface area contributed by atoms with Gasteiger partial charge in [0.05, 0.1) is 15.3 Å². The molecule has 0 aliphatic rings. The Morgan fingerprint density at radius 2 is 1.75 bits per heavy atom. The molecule has 0 bridgehead atoms. The number of pyridine rings is 1. The molecule has 0 fully saturated rings. The number of rotatable bonds is 2. The molecular weight excluding hydrogens is 372 g/mol. The number of amides is 1. The van der Waals surface area contributed by atoms with Gasteiger partial charge < -0.3 is 5.11 Å². The molecule has 1 atom stereocenters. The Kier molecular flexibility index (Phi) is 5.57. The number of aryl methyl sites for hydroxylation is 1. The maximum absolute atomic E-state index is 12.9. The molecule has 0 aliphatic heterocycles. The van der Waals surface area contributed by atoms with E-state index in [0.29, 0.717) is 16.0 Å². The first-order chi connectivity index (χ1) is 13.3. The van der Waals surface area contributed by atoms with Crippen LogP contribution in [-0.4, -0.2) is 26.5 Å². The zero-order chi connectivity index (χ0) is 20.1. The number of nitrogens with zero attached hydrogens (tertiary/aromatic N) is 2. The second-order valence-corrected chi connectivity index (χ2v) is 8.53. The zero-order valence-electron chi connectivity index (χ0n) is 15.4. The molecule has 0 spiro atoms. The Bertz CT molecular complexity index is 1210. The number of carbonyl (C=O) groups is 1. The first kappa shape index (κ1) is 19.3. The topological polar surface area (TPSA) is 79.6 Å². The number of phenolic OH excluding ortho intramolecular Hbond substituents is 1. The standard InChI is InChI=1S/C22H18N2O3S/c1-16-6-10-21(11-7-16)28(2,27)24-22(26)19-12-18(14-23-15-19)9-8-17-4-3-5-20(25)13-17/h3-7,10-15,25H,1-2H3. The third kappa shape index (κ3) is 4.84. The molecule has 140 valence electrons. The van der Waals surface area contributed by atoms with E-state index in [1.54, 1.807) is 42.5 Å². The molecule has 3 aromatic rings. The smallest absolute Gasteiger partial charge is 0.286 e. The highest BCUT2D eigenvalue weighted by Crippen LogP contribution is 2.15. The minimum Gasteiger partial charge on any atom is -0.508 e. The van der Waals surface area contributed by atoms with E-state index in [9.17, 15) is 14.1 Å². The summed E-state index contributed by atoms with van der Waals surface area (Å²) in [4.78, 5) is 17.0. The van der Waals surface area contributed by atoms with Crippen LogP contribution in [0.4, 0.5) is 0 Å². The zero-order valence-corrected chi connectivity index (χ0v) is 16.2. The molecule has 0 aliphatic carbocycles. The van der Waals surface area contributed by atoms with Gasteiger partial charge in [-0.2, -0.15) is 4.36 Å². The van der Waals surface area contributed by atoms with Crippen molar-refractivity contribution in [3.05, 3.63) is 89.2 Å². The molecule has 1 amide bonds. The van der Waals surface area contributed by atoms with Gasteiger partial charge in [-0.25, -0.2) is 4.21 Å². The fraction of sp³-hybridized carbons (Fsp3) is 0.0909. The van der Waals surface area contributed by atoms with Crippen LogP contribution in [0.2, 0.25) is 0 Å². The van der Waals surface area contributed by atoms with Gasteiger partial charge in [-0.05, 0) is 43.3 Å². The van der Waals surface area contributed by atoms with E-state index in [1.807, 2.05) is 19.1 Å². The number of phenols is 1. The lowest BCUT2D eigenvalue weighted by Crippen LogP contribution is -2.04. The summed E-state index contributed by atoms with van der Waals surface area (Å²) in [5.41, 5.74) is 2.40. The predicted octanol–water partition coefficient (Wildman–Crippen LogP) is 3.79. The molecule has 3 rings (SSSR count). The fourth-order valence-electron chi connectivity index (χ4n) is 2.41. The summed E-state index contributed by atoms with van der Waals surface area (Å²) < 4.78 is 16.8. The van der Waals surface area contributed by atoms with E-state index in [2.05, 4.69) is 21.2 Å². The minimum atomic E-state index is -2.86. The monoisotopic (exact) mass is 390 g/mol. The van der Waals surface area contributed by atoms with E-state index < -0.39 is 15.6 Å². The molecule has 0 radical (unpaired) electrons. The van der Waals surface area contributed by atoms with Crippen LogP contribution in [0, 0.1) is 18.8 Å². The van der Waals surface area contributed by atoms with Crippen molar-refractivity contribution in [2.24, 2.45) is 4.36 Å². The lowest BCUT2D eigenvalue weighted by Gasteiger charge is -2.04. The first-order valence-corrected chi connectivity index (χ1v) is 10.4. The van der Waals surface area contributed by atoms with Crippen molar-refractivity contribution in [3.63, 3.8) is 0 Å². The molecule has 6 heteroatoms. The van der Waals surface area contributed by atoms with Crippen LogP contribution in [0.1, 0.15) is 27.0 Å². The van der Waals surface area contributed by atoms with Gasteiger partial charge >= 0.3 is 0 Å². The van der Waals surface area contributed by atoms with Crippen LogP contribution >= 0.6 is 0 Å². The van der Waals surface area contributed by atoms with Gasteiger partial charge in [0, 0.05) is 34.7 Å². The fourth-order valence-corrected chi connectivity index (χ4v) is 3.58. The van der Waals surface area contributed by atoms with E-state index >= 15 is 0 Å². The van der Waals surface area contributed by atoms with E-state index in [-0.39, 0.29) is 11.3 Å². The molecule has 0 saturated carbocycles. The van der Waals surface area contributed by atoms with E-state index in [0.717, 1.165) is 5.56 Å². The summed E-state index contributed by atoms with van der Waals surface area (Å²) in [6.07, 6.45) is 4.33. The van der Waals surface area contributed by atoms with Crippen LogP contribution in [0.15, 0.2) is 76.2 Å². The third-order valence-electron chi connectivity index (χ3n) is 3.90. The average molecular weight is 390 g/mol. The molecular formula is C22H18N2O3S. The summed E-state index contributed by atoms with van der Waals surface area (Å²) in [7, 11) is -2.86. The molecule has 2 aromatic carbocycles. The maximum atomic E-state index is 12.9. The summed E-state index contributed by atoms with van der Waals surface area (Å²) >= 11 is 0. The van der Waals surface area contributed by atoms with Crippen LogP contribution in [0.3, 0.4) is 0 Å². The predicted molar refractivity (Wildman–Crippen MR) is 109 cm³/mol. The van der Waals surface area contributed by atoms with Crippen LogP contribution in [0.25, 0.3) is 0 Å². The van der Waals surface area contributed by atoms with Gasteiger partial charge in [0.2, 0.25) is 0 Å². The SMILES string of the molecule is Cc1ccc(S(C)(=O)=NC(=O)c2cncc(C#Cc3cccc(O)c3)c2)cc1.